The molecule has 1 rings (SSSR count). The first-order valence-electron chi connectivity index (χ1n) is 5.73. The molecule has 0 radical (unpaired) electrons. The predicted octanol–water partition coefficient (Wildman–Crippen LogP) is 2.40. The van der Waals surface area contributed by atoms with Gasteiger partial charge in [0.1, 0.15) is 5.84 Å². The monoisotopic (exact) mass is 255 g/mol. The summed E-state index contributed by atoms with van der Waals surface area (Å²) in [4.78, 5) is 2.68. The van der Waals surface area contributed by atoms with Crippen molar-refractivity contribution < 1.29 is 5.21 Å². The van der Waals surface area contributed by atoms with E-state index in [0.717, 1.165) is 0 Å². The molecule has 4 N–H and O–H groups in total. The van der Waals surface area contributed by atoms with Crippen molar-refractivity contribution in [3.8, 4) is 0 Å². The first-order valence-corrected chi connectivity index (χ1v) is 6.55. The lowest BCUT2D eigenvalue weighted by molar-refractivity contribution is 0.313. The predicted molar refractivity (Wildman–Crippen MR) is 72.8 cm³/mol. The minimum absolute atomic E-state index is 0.0301. The van der Waals surface area contributed by atoms with Crippen LogP contribution in [0.5, 0.6) is 0 Å². The minimum Gasteiger partial charge on any atom is -0.409 e. The zero-order chi connectivity index (χ0) is 13.0. The van der Waals surface area contributed by atoms with Crippen molar-refractivity contribution in [3.05, 3.63) is 21.4 Å². The Morgan fingerprint density at radius 2 is 2.18 bits per heavy atom. The molecular formula is C12H21N3OS. The molecule has 0 aliphatic rings. The van der Waals surface area contributed by atoms with Crippen molar-refractivity contribution in [1.82, 2.24) is 5.32 Å². The van der Waals surface area contributed by atoms with E-state index in [1.807, 2.05) is 18.3 Å². The molecule has 0 aliphatic heterocycles. The maximum atomic E-state index is 8.57. The summed E-state index contributed by atoms with van der Waals surface area (Å²) >= 11 is 1.81. The van der Waals surface area contributed by atoms with Crippen LogP contribution < -0.4 is 11.1 Å². The maximum absolute atomic E-state index is 8.57. The smallest absolute Gasteiger partial charge is 0.143 e. The second-order valence-electron chi connectivity index (χ2n) is 4.42. The zero-order valence-electron chi connectivity index (χ0n) is 10.8. The van der Waals surface area contributed by atoms with Gasteiger partial charge in [-0.2, -0.15) is 0 Å². The molecule has 0 saturated carbocycles. The van der Waals surface area contributed by atoms with E-state index in [1.54, 1.807) is 0 Å². The Labute approximate surface area is 107 Å². The molecule has 2 atom stereocenters. The second kappa shape index (κ2) is 6.02. The van der Waals surface area contributed by atoms with Gasteiger partial charge in [0.2, 0.25) is 0 Å². The van der Waals surface area contributed by atoms with Gasteiger partial charge in [-0.05, 0) is 32.4 Å². The number of oxime groups is 1. The molecule has 1 heterocycles. The molecule has 0 spiro atoms. The summed E-state index contributed by atoms with van der Waals surface area (Å²) in [5, 5.41) is 15.0. The van der Waals surface area contributed by atoms with E-state index in [4.69, 9.17) is 10.9 Å². The van der Waals surface area contributed by atoms with Gasteiger partial charge >= 0.3 is 0 Å². The molecular weight excluding hydrogens is 234 g/mol. The summed E-state index contributed by atoms with van der Waals surface area (Å²) < 4.78 is 0. The molecule has 1 aromatic heterocycles. The molecule has 4 nitrogen and oxygen atoms in total. The molecule has 0 saturated heterocycles. The number of hydrogen-bond donors (Lipinski definition) is 3. The summed E-state index contributed by atoms with van der Waals surface area (Å²) in [5.74, 6) is 0.297. The van der Waals surface area contributed by atoms with Gasteiger partial charge in [-0.15, -0.1) is 11.3 Å². The van der Waals surface area contributed by atoms with Crippen LogP contribution in [-0.4, -0.2) is 17.6 Å². The highest BCUT2D eigenvalue weighted by Gasteiger charge is 2.13. The van der Waals surface area contributed by atoms with Gasteiger partial charge in [0.25, 0.3) is 0 Å². The van der Waals surface area contributed by atoms with E-state index in [2.05, 4.69) is 37.3 Å². The summed E-state index contributed by atoms with van der Waals surface area (Å²) in [5.41, 5.74) is 6.87. The third kappa shape index (κ3) is 3.71. The Morgan fingerprint density at radius 3 is 2.65 bits per heavy atom. The first kappa shape index (κ1) is 14.0. The molecule has 96 valence electrons. The third-order valence-electron chi connectivity index (χ3n) is 2.90. The highest BCUT2D eigenvalue weighted by Crippen LogP contribution is 2.26. The van der Waals surface area contributed by atoms with Crippen LogP contribution in [-0.2, 0) is 0 Å². The summed E-state index contributed by atoms with van der Waals surface area (Å²) in [6, 6.07) is 2.50. The number of rotatable bonds is 5. The van der Waals surface area contributed by atoms with E-state index >= 15 is 0 Å². The number of nitrogens with zero attached hydrogens (tertiary/aromatic N) is 1. The Balaban J connectivity index is 2.56. The largest absolute Gasteiger partial charge is 0.409 e. The summed E-state index contributed by atoms with van der Waals surface area (Å²) in [6.45, 7) is 9.02. The Bertz CT molecular complexity index is 400. The average molecular weight is 255 g/mol. The molecule has 0 amide bonds. The van der Waals surface area contributed by atoms with Gasteiger partial charge in [-0.25, -0.2) is 0 Å². The van der Waals surface area contributed by atoms with Gasteiger partial charge in [-0.3, -0.25) is 0 Å². The number of hydrogen-bond acceptors (Lipinski definition) is 4. The fourth-order valence-electron chi connectivity index (χ4n) is 1.75. The lowest BCUT2D eigenvalue weighted by Gasteiger charge is -2.17. The SMILES string of the molecule is Cc1cc(C(C)NCC(C)C(N)=NO)c(C)s1. The highest BCUT2D eigenvalue weighted by atomic mass is 32.1. The molecule has 0 fully saturated rings. The first-order chi connectivity index (χ1) is 7.95. The van der Waals surface area contributed by atoms with Crippen molar-refractivity contribution in [3.63, 3.8) is 0 Å². The topological polar surface area (TPSA) is 70.6 Å². The number of amidine groups is 1. The number of nitrogens with two attached hydrogens (primary N) is 1. The van der Waals surface area contributed by atoms with Crippen LogP contribution in [0.25, 0.3) is 0 Å². The van der Waals surface area contributed by atoms with Crippen molar-refractivity contribution in [2.75, 3.05) is 6.54 Å². The number of thiophene rings is 1. The van der Waals surface area contributed by atoms with Crippen LogP contribution in [0.2, 0.25) is 0 Å². The van der Waals surface area contributed by atoms with Crippen molar-refractivity contribution in [2.45, 2.75) is 33.7 Å². The zero-order valence-corrected chi connectivity index (χ0v) is 11.6. The average Bonchev–Trinajstić information content (AvgIpc) is 2.63. The van der Waals surface area contributed by atoms with Gasteiger partial charge in [0.05, 0.1) is 0 Å². The van der Waals surface area contributed by atoms with Crippen molar-refractivity contribution >= 4 is 17.2 Å². The van der Waals surface area contributed by atoms with Gasteiger partial charge in [0.15, 0.2) is 0 Å². The molecule has 0 aliphatic carbocycles. The number of aryl methyl sites for hydroxylation is 2. The summed E-state index contributed by atoms with van der Waals surface area (Å²) in [6.07, 6.45) is 0. The Kier molecular flexibility index (Phi) is 4.96. The minimum atomic E-state index is 0.0301. The van der Waals surface area contributed by atoms with Gasteiger partial charge < -0.3 is 16.3 Å². The van der Waals surface area contributed by atoms with E-state index in [9.17, 15) is 0 Å². The second-order valence-corrected chi connectivity index (χ2v) is 5.88. The molecule has 0 bridgehead atoms. The Morgan fingerprint density at radius 1 is 1.53 bits per heavy atom. The van der Waals surface area contributed by atoms with E-state index in [1.165, 1.54) is 15.3 Å². The third-order valence-corrected chi connectivity index (χ3v) is 3.88. The van der Waals surface area contributed by atoms with Crippen molar-refractivity contribution in [1.29, 1.82) is 0 Å². The molecule has 5 heteroatoms. The van der Waals surface area contributed by atoms with Gasteiger partial charge in [-0.1, -0.05) is 12.1 Å². The quantitative estimate of drug-likeness (QED) is 0.327. The molecule has 0 aromatic carbocycles. The maximum Gasteiger partial charge on any atom is 0.143 e. The molecule has 2 unspecified atom stereocenters. The lowest BCUT2D eigenvalue weighted by atomic mass is 10.1. The van der Waals surface area contributed by atoms with E-state index < -0.39 is 0 Å². The highest BCUT2D eigenvalue weighted by molar-refractivity contribution is 7.12. The van der Waals surface area contributed by atoms with Crippen LogP contribution in [0.15, 0.2) is 11.2 Å². The fourth-order valence-corrected chi connectivity index (χ4v) is 2.77. The molecule has 1 aromatic rings. The lowest BCUT2D eigenvalue weighted by Crippen LogP contribution is -2.32. The van der Waals surface area contributed by atoms with Crippen LogP contribution >= 0.6 is 11.3 Å². The summed E-state index contributed by atoms with van der Waals surface area (Å²) in [7, 11) is 0. The normalized spacial score (nSPS) is 15.9. The van der Waals surface area contributed by atoms with Crippen LogP contribution in [0.4, 0.5) is 0 Å². The van der Waals surface area contributed by atoms with Crippen LogP contribution in [0.3, 0.4) is 0 Å². The molecule has 17 heavy (non-hydrogen) atoms. The van der Waals surface area contributed by atoms with Crippen molar-refractivity contribution in [2.24, 2.45) is 16.8 Å². The number of nitrogens with one attached hydrogen (secondary N) is 1. The van der Waals surface area contributed by atoms with E-state index in [-0.39, 0.29) is 17.8 Å². The van der Waals surface area contributed by atoms with E-state index in [0.29, 0.717) is 6.54 Å². The van der Waals surface area contributed by atoms with Crippen LogP contribution in [0.1, 0.15) is 35.2 Å². The van der Waals surface area contributed by atoms with Gasteiger partial charge in [0, 0.05) is 28.3 Å². The Hall–Kier alpha value is -1.07. The standard InChI is InChI=1S/C12H21N3OS/c1-7(12(13)15-16)6-14-9(3)11-5-8(2)17-10(11)4/h5,7,9,14,16H,6H2,1-4H3,(H2,13,15). The van der Waals surface area contributed by atoms with Crippen LogP contribution in [0, 0.1) is 19.8 Å². The fraction of sp³-hybridized carbons (Fsp3) is 0.583.